The molecule has 0 aromatic rings. The Morgan fingerprint density at radius 2 is 2.00 bits per heavy atom. The van der Waals surface area contributed by atoms with Crippen LogP contribution in [0.3, 0.4) is 0 Å². The molecule has 0 heterocycles. The highest BCUT2D eigenvalue weighted by Crippen LogP contribution is 2.21. The van der Waals surface area contributed by atoms with Gasteiger partial charge in [0, 0.05) is 0 Å². The van der Waals surface area contributed by atoms with E-state index in [1.807, 2.05) is 6.92 Å². The Balaban J connectivity index is 3.41. The lowest BCUT2D eigenvalue weighted by molar-refractivity contribution is -0.157. The molecule has 5 heteroatoms. The average Bonchev–Trinajstić information content (AvgIpc) is 2.00. The van der Waals surface area contributed by atoms with Crippen LogP contribution in [-0.4, -0.2) is 18.8 Å². The van der Waals surface area contributed by atoms with Crippen molar-refractivity contribution in [3.05, 3.63) is 0 Å². The van der Waals surface area contributed by atoms with Gasteiger partial charge in [0.15, 0.2) is 0 Å². The van der Waals surface area contributed by atoms with E-state index in [9.17, 15) is 18.0 Å². The second kappa shape index (κ2) is 5.83. The fourth-order valence-electron chi connectivity index (χ4n) is 0.646. The van der Waals surface area contributed by atoms with Crippen LogP contribution in [0, 0.1) is 0 Å². The zero-order valence-corrected chi connectivity index (χ0v) is 7.49. The molecular formula is C8H13F3O2. The van der Waals surface area contributed by atoms with Gasteiger partial charge < -0.3 is 4.74 Å². The number of esters is 1. The van der Waals surface area contributed by atoms with Crippen molar-refractivity contribution in [2.45, 2.75) is 38.8 Å². The smallest absolute Gasteiger partial charge is 0.389 e. The van der Waals surface area contributed by atoms with Crippen molar-refractivity contribution in [1.29, 1.82) is 0 Å². The van der Waals surface area contributed by atoms with E-state index in [2.05, 4.69) is 4.74 Å². The summed E-state index contributed by atoms with van der Waals surface area (Å²) in [6.45, 7) is 2.12. The van der Waals surface area contributed by atoms with Gasteiger partial charge in [-0.15, -0.1) is 0 Å². The monoisotopic (exact) mass is 198 g/mol. The molecule has 0 aliphatic heterocycles. The summed E-state index contributed by atoms with van der Waals surface area (Å²) in [5.74, 6) is -0.772. The second-order valence-electron chi connectivity index (χ2n) is 2.69. The Morgan fingerprint density at radius 3 is 2.46 bits per heavy atom. The van der Waals surface area contributed by atoms with Crippen LogP contribution in [0.5, 0.6) is 0 Å². The van der Waals surface area contributed by atoms with Crippen molar-refractivity contribution in [3.8, 4) is 0 Å². The first-order chi connectivity index (χ1) is 5.95. The number of rotatable bonds is 5. The molecule has 13 heavy (non-hydrogen) atoms. The number of carbonyl (C=O) groups is 1. The van der Waals surface area contributed by atoms with E-state index in [1.54, 1.807) is 0 Å². The molecule has 0 radical (unpaired) electrons. The van der Waals surface area contributed by atoms with Crippen molar-refractivity contribution in [2.75, 3.05) is 6.61 Å². The van der Waals surface area contributed by atoms with Crippen molar-refractivity contribution >= 4 is 5.97 Å². The number of alkyl halides is 3. The zero-order chi connectivity index (χ0) is 10.3. The fourth-order valence-corrected chi connectivity index (χ4v) is 0.646. The number of unbranched alkanes of at least 4 members (excludes halogenated alkanes) is 1. The SMILES string of the molecule is CCCCOC(=O)CCC(F)(F)F. The third kappa shape index (κ3) is 9.17. The zero-order valence-electron chi connectivity index (χ0n) is 7.49. The first-order valence-electron chi connectivity index (χ1n) is 4.18. The topological polar surface area (TPSA) is 26.3 Å². The van der Waals surface area contributed by atoms with E-state index in [4.69, 9.17) is 0 Å². The van der Waals surface area contributed by atoms with Crippen LogP contribution in [0.4, 0.5) is 13.2 Å². The molecule has 2 nitrogen and oxygen atoms in total. The van der Waals surface area contributed by atoms with Crippen LogP contribution < -0.4 is 0 Å². The number of hydrogen-bond donors (Lipinski definition) is 0. The van der Waals surface area contributed by atoms with Crippen molar-refractivity contribution in [2.24, 2.45) is 0 Å². The lowest BCUT2D eigenvalue weighted by Crippen LogP contribution is -2.13. The molecule has 0 aromatic heterocycles. The minimum absolute atomic E-state index is 0.215. The van der Waals surface area contributed by atoms with Gasteiger partial charge in [0.1, 0.15) is 0 Å². The molecule has 0 saturated heterocycles. The highest BCUT2D eigenvalue weighted by molar-refractivity contribution is 5.69. The van der Waals surface area contributed by atoms with Crippen LogP contribution in [0.25, 0.3) is 0 Å². The van der Waals surface area contributed by atoms with Gasteiger partial charge in [-0.1, -0.05) is 13.3 Å². The second-order valence-corrected chi connectivity index (χ2v) is 2.69. The minimum Gasteiger partial charge on any atom is -0.466 e. The highest BCUT2D eigenvalue weighted by atomic mass is 19.4. The normalized spacial score (nSPS) is 11.4. The van der Waals surface area contributed by atoms with Gasteiger partial charge in [0.2, 0.25) is 0 Å². The Hall–Kier alpha value is -0.740. The molecule has 0 bridgehead atoms. The first kappa shape index (κ1) is 12.3. The largest absolute Gasteiger partial charge is 0.466 e. The van der Waals surface area contributed by atoms with E-state index < -0.39 is 25.0 Å². The minimum atomic E-state index is -4.27. The summed E-state index contributed by atoms with van der Waals surface area (Å²) in [5.41, 5.74) is 0. The van der Waals surface area contributed by atoms with Crippen LogP contribution in [0.1, 0.15) is 32.6 Å². The molecule has 0 saturated carbocycles. The van der Waals surface area contributed by atoms with E-state index in [1.165, 1.54) is 0 Å². The quantitative estimate of drug-likeness (QED) is 0.501. The number of halogens is 3. The fraction of sp³-hybridized carbons (Fsp3) is 0.875. The third-order valence-electron chi connectivity index (χ3n) is 1.37. The first-order valence-corrected chi connectivity index (χ1v) is 4.18. The summed E-state index contributed by atoms with van der Waals surface area (Å²) in [4.78, 5) is 10.6. The van der Waals surface area contributed by atoms with Gasteiger partial charge in [-0.2, -0.15) is 13.2 Å². The van der Waals surface area contributed by atoms with Crippen molar-refractivity contribution < 1.29 is 22.7 Å². The highest BCUT2D eigenvalue weighted by Gasteiger charge is 2.28. The Bertz CT molecular complexity index is 154. The Kier molecular flexibility index (Phi) is 5.50. The summed E-state index contributed by atoms with van der Waals surface area (Å²) in [6, 6.07) is 0. The summed E-state index contributed by atoms with van der Waals surface area (Å²) >= 11 is 0. The Labute approximate surface area is 75.1 Å². The molecule has 0 aliphatic carbocycles. The lowest BCUT2D eigenvalue weighted by Gasteiger charge is -2.06. The molecule has 0 aromatic carbocycles. The predicted octanol–water partition coefficient (Wildman–Crippen LogP) is 2.67. The van der Waals surface area contributed by atoms with Gasteiger partial charge in [0.25, 0.3) is 0 Å². The maximum atomic E-state index is 11.6. The van der Waals surface area contributed by atoms with Crippen molar-refractivity contribution in [1.82, 2.24) is 0 Å². The molecule has 0 rings (SSSR count). The standard InChI is InChI=1S/C8H13F3O2/c1-2-3-6-13-7(12)4-5-8(9,10)11/h2-6H2,1H3. The molecule has 0 fully saturated rings. The average molecular weight is 198 g/mol. The van der Waals surface area contributed by atoms with E-state index in [-0.39, 0.29) is 6.61 Å². The molecule has 78 valence electrons. The van der Waals surface area contributed by atoms with Crippen LogP contribution in [-0.2, 0) is 9.53 Å². The third-order valence-corrected chi connectivity index (χ3v) is 1.37. The summed E-state index contributed by atoms with van der Waals surface area (Å²) < 4.78 is 39.3. The molecule has 0 amide bonds. The number of carbonyl (C=O) groups excluding carboxylic acids is 1. The van der Waals surface area contributed by atoms with Gasteiger partial charge in [-0.3, -0.25) is 4.79 Å². The molecule has 0 spiro atoms. The Morgan fingerprint density at radius 1 is 1.38 bits per heavy atom. The van der Waals surface area contributed by atoms with Crippen LogP contribution in [0.2, 0.25) is 0 Å². The number of hydrogen-bond acceptors (Lipinski definition) is 2. The summed E-state index contributed by atoms with van der Waals surface area (Å²) in [5, 5.41) is 0. The van der Waals surface area contributed by atoms with E-state index >= 15 is 0 Å². The van der Waals surface area contributed by atoms with Gasteiger partial charge >= 0.3 is 12.1 Å². The van der Waals surface area contributed by atoms with Gasteiger partial charge in [0.05, 0.1) is 19.4 Å². The van der Waals surface area contributed by atoms with Gasteiger partial charge in [-0.25, -0.2) is 0 Å². The number of ether oxygens (including phenoxy) is 1. The lowest BCUT2D eigenvalue weighted by atomic mass is 10.3. The predicted molar refractivity (Wildman–Crippen MR) is 41.2 cm³/mol. The van der Waals surface area contributed by atoms with E-state index in [0.29, 0.717) is 6.42 Å². The maximum Gasteiger partial charge on any atom is 0.389 e. The van der Waals surface area contributed by atoms with Crippen LogP contribution >= 0.6 is 0 Å². The molecule has 0 unspecified atom stereocenters. The molecule has 0 atom stereocenters. The van der Waals surface area contributed by atoms with E-state index in [0.717, 1.165) is 6.42 Å². The van der Waals surface area contributed by atoms with Gasteiger partial charge in [-0.05, 0) is 6.42 Å². The maximum absolute atomic E-state index is 11.6. The summed E-state index contributed by atoms with van der Waals surface area (Å²) in [7, 11) is 0. The van der Waals surface area contributed by atoms with Crippen LogP contribution in [0.15, 0.2) is 0 Å². The molecular weight excluding hydrogens is 185 g/mol. The van der Waals surface area contributed by atoms with Crippen molar-refractivity contribution in [3.63, 3.8) is 0 Å². The molecule has 0 N–H and O–H groups in total. The molecule has 0 aliphatic rings. The summed E-state index contributed by atoms with van der Waals surface area (Å²) in [6.07, 6.45) is -4.40.